The van der Waals surface area contributed by atoms with Gasteiger partial charge in [0.15, 0.2) is 9.84 Å². The number of benzene rings is 1. The van der Waals surface area contributed by atoms with E-state index in [0.29, 0.717) is 33.3 Å². The predicted octanol–water partition coefficient (Wildman–Crippen LogP) is 5.10. The first-order valence-electron chi connectivity index (χ1n) is 8.26. The van der Waals surface area contributed by atoms with E-state index in [-0.39, 0.29) is 23.5 Å². The van der Waals surface area contributed by atoms with Crippen LogP contribution >= 0.6 is 45.9 Å². The standard InChI is InChI=1S/C18H15Cl2NO3S3/c19-13-4-1-5-14-15(13)16(20)17(26-14)18(22)21(9-12-3-2-7-25-12)11-6-8-27(23,24)10-11/h1-5,7,11H,6,8-10H2/t11-/m0/s1. The number of rotatable bonds is 4. The van der Waals surface area contributed by atoms with Crippen LogP contribution in [0.15, 0.2) is 35.7 Å². The summed E-state index contributed by atoms with van der Waals surface area (Å²) in [5, 5.41) is 3.45. The average molecular weight is 460 g/mol. The number of hydrogen-bond donors (Lipinski definition) is 0. The van der Waals surface area contributed by atoms with Crippen molar-refractivity contribution >= 4 is 71.7 Å². The van der Waals surface area contributed by atoms with E-state index in [1.165, 1.54) is 11.3 Å². The highest BCUT2D eigenvalue weighted by Gasteiger charge is 2.36. The normalized spacial score (nSPS) is 18.8. The van der Waals surface area contributed by atoms with Crippen molar-refractivity contribution < 1.29 is 13.2 Å². The van der Waals surface area contributed by atoms with E-state index in [4.69, 9.17) is 23.2 Å². The molecule has 9 heteroatoms. The first-order valence-corrected chi connectivity index (χ1v) is 12.5. The fraction of sp³-hybridized carbons (Fsp3) is 0.278. The summed E-state index contributed by atoms with van der Waals surface area (Å²) in [7, 11) is -3.12. The van der Waals surface area contributed by atoms with Gasteiger partial charge in [0.1, 0.15) is 4.88 Å². The number of nitrogens with zero attached hydrogens (tertiary/aromatic N) is 1. The molecule has 1 fully saturated rings. The van der Waals surface area contributed by atoms with Gasteiger partial charge in [-0.2, -0.15) is 0 Å². The lowest BCUT2D eigenvalue weighted by Gasteiger charge is -2.27. The summed E-state index contributed by atoms with van der Waals surface area (Å²) in [6, 6.07) is 8.94. The highest BCUT2D eigenvalue weighted by molar-refractivity contribution is 7.91. The Morgan fingerprint density at radius 2 is 2.04 bits per heavy atom. The zero-order valence-electron chi connectivity index (χ0n) is 14.0. The molecular formula is C18H15Cl2NO3S3. The number of amides is 1. The Morgan fingerprint density at radius 1 is 1.22 bits per heavy atom. The van der Waals surface area contributed by atoms with Gasteiger partial charge in [0, 0.05) is 21.0 Å². The third-order valence-corrected chi connectivity index (χ3v) is 9.18. The van der Waals surface area contributed by atoms with E-state index in [1.54, 1.807) is 22.3 Å². The van der Waals surface area contributed by atoms with Crippen LogP contribution in [-0.4, -0.2) is 36.8 Å². The van der Waals surface area contributed by atoms with Crippen LogP contribution in [0, 0.1) is 0 Å². The highest BCUT2D eigenvalue weighted by Crippen LogP contribution is 2.40. The van der Waals surface area contributed by atoms with Crippen LogP contribution in [0.3, 0.4) is 0 Å². The van der Waals surface area contributed by atoms with E-state index in [0.717, 1.165) is 9.58 Å². The molecule has 0 saturated carbocycles. The maximum Gasteiger partial charge on any atom is 0.266 e. The van der Waals surface area contributed by atoms with Crippen molar-refractivity contribution in [3.05, 3.63) is 55.5 Å². The second-order valence-electron chi connectivity index (χ2n) is 6.43. The van der Waals surface area contributed by atoms with Gasteiger partial charge in [-0.1, -0.05) is 35.3 Å². The van der Waals surface area contributed by atoms with Crippen LogP contribution < -0.4 is 0 Å². The molecule has 4 nitrogen and oxygen atoms in total. The lowest BCUT2D eigenvalue weighted by molar-refractivity contribution is 0.0688. The molecule has 1 aliphatic heterocycles. The van der Waals surface area contributed by atoms with Crippen LogP contribution in [0.2, 0.25) is 10.0 Å². The molecule has 1 saturated heterocycles. The van der Waals surface area contributed by atoms with E-state index >= 15 is 0 Å². The second-order valence-corrected chi connectivity index (χ2v) is 11.5. The number of fused-ring (bicyclic) bond motifs is 1. The second kappa shape index (κ2) is 7.37. The van der Waals surface area contributed by atoms with Gasteiger partial charge in [0.25, 0.3) is 5.91 Å². The minimum atomic E-state index is -3.12. The lowest BCUT2D eigenvalue weighted by atomic mass is 10.2. The molecule has 1 amide bonds. The fourth-order valence-electron chi connectivity index (χ4n) is 3.30. The molecule has 2 aromatic heterocycles. The van der Waals surface area contributed by atoms with Crippen molar-refractivity contribution in [2.45, 2.75) is 19.0 Å². The third kappa shape index (κ3) is 3.76. The largest absolute Gasteiger partial charge is 0.329 e. The van der Waals surface area contributed by atoms with Gasteiger partial charge in [-0.05, 0) is 30.0 Å². The van der Waals surface area contributed by atoms with Crippen molar-refractivity contribution in [2.75, 3.05) is 11.5 Å². The van der Waals surface area contributed by atoms with Gasteiger partial charge in [-0.3, -0.25) is 4.79 Å². The van der Waals surface area contributed by atoms with Gasteiger partial charge >= 0.3 is 0 Å². The van der Waals surface area contributed by atoms with Gasteiger partial charge in [-0.15, -0.1) is 22.7 Å². The Bertz CT molecular complexity index is 1110. The van der Waals surface area contributed by atoms with E-state index in [9.17, 15) is 13.2 Å². The topological polar surface area (TPSA) is 54.5 Å². The monoisotopic (exact) mass is 459 g/mol. The molecule has 1 aromatic carbocycles. The molecule has 0 N–H and O–H groups in total. The predicted molar refractivity (Wildman–Crippen MR) is 113 cm³/mol. The van der Waals surface area contributed by atoms with Crippen LogP contribution in [-0.2, 0) is 16.4 Å². The number of hydrogen-bond acceptors (Lipinski definition) is 5. The number of thiophene rings is 2. The summed E-state index contributed by atoms with van der Waals surface area (Å²) in [4.78, 5) is 16.4. The molecule has 4 rings (SSSR count). The zero-order valence-corrected chi connectivity index (χ0v) is 18.0. The Labute approximate surface area is 175 Å². The maximum absolute atomic E-state index is 13.4. The molecular weight excluding hydrogens is 445 g/mol. The molecule has 0 unspecified atom stereocenters. The maximum atomic E-state index is 13.4. The first kappa shape index (κ1) is 19.2. The smallest absolute Gasteiger partial charge is 0.266 e. The molecule has 1 atom stereocenters. The van der Waals surface area contributed by atoms with Crippen molar-refractivity contribution in [1.29, 1.82) is 0 Å². The SMILES string of the molecule is O=C(c1sc2cccc(Cl)c2c1Cl)N(Cc1cccs1)[C@H]1CCS(=O)(=O)C1. The van der Waals surface area contributed by atoms with Gasteiger partial charge < -0.3 is 4.90 Å². The molecule has 142 valence electrons. The van der Waals surface area contributed by atoms with Gasteiger partial charge in [0.05, 0.1) is 28.1 Å². The van der Waals surface area contributed by atoms with Gasteiger partial charge in [0.2, 0.25) is 0 Å². The van der Waals surface area contributed by atoms with Crippen LogP contribution in [0.5, 0.6) is 0 Å². The molecule has 0 radical (unpaired) electrons. The molecule has 3 aromatic rings. The van der Waals surface area contributed by atoms with Gasteiger partial charge in [-0.25, -0.2) is 8.42 Å². The zero-order chi connectivity index (χ0) is 19.2. The third-order valence-electron chi connectivity index (χ3n) is 4.62. The molecule has 3 heterocycles. The van der Waals surface area contributed by atoms with Crippen molar-refractivity contribution in [1.82, 2.24) is 4.90 Å². The van der Waals surface area contributed by atoms with E-state index in [2.05, 4.69) is 0 Å². The van der Waals surface area contributed by atoms with Crippen molar-refractivity contribution in [3.8, 4) is 0 Å². The summed E-state index contributed by atoms with van der Waals surface area (Å²) >= 11 is 15.6. The molecule has 0 spiro atoms. The molecule has 0 bridgehead atoms. The molecule has 1 aliphatic rings. The number of carbonyl (C=O) groups excluding carboxylic acids is 1. The quantitative estimate of drug-likeness (QED) is 0.545. The molecule has 27 heavy (non-hydrogen) atoms. The Kier molecular flexibility index (Phi) is 5.24. The van der Waals surface area contributed by atoms with Crippen LogP contribution in [0.25, 0.3) is 10.1 Å². The number of sulfone groups is 1. The van der Waals surface area contributed by atoms with Crippen LogP contribution in [0.4, 0.5) is 0 Å². The Balaban J connectivity index is 1.74. The highest BCUT2D eigenvalue weighted by atomic mass is 35.5. The first-order chi connectivity index (χ1) is 12.9. The summed E-state index contributed by atoms with van der Waals surface area (Å²) < 4.78 is 24.8. The number of halogens is 2. The van der Waals surface area contributed by atoms with E-state index in [1.807, 2.05) is 29.6 Å². The average Bonchev–Trinajstić information content (AvgIpc) is 3.32. The summed E-state index contributed by atoms with van der Waals surface area (Å²) in [6.45, 7) is 0.370. The van der Waals surface area contributed by atoms with E-state index < -0.39 is 9.84 Å². The molecule has 0 aliphatic carbocycles. The number of carbonyl (C=O) groups is 1. The Hall–Kier alpha value is -1.12. The lowest BCUT2D eigenvalue weighted by Crippen LogP contribution is -2.40. The van der Waals surface area contributed by atoms with Crippen molar-refractivity contribution in [2.24, 2.45) is 0 Å². The summed E-state index contributed by atoms with van der Waals surface area (Å²) in [6.07, 6.45) is 0.447. The van der Waals surface area contributed by atoms with Crippen LogP contribution in [0.1, 0.15) is 21.0 Å². The summed E-state index contributed by atoms with van der Waals surface area (Å²) in [5.41, 5.74) is 0. The minimum Gasteiger partial charge on any atom is -0.329 e. The van der Waals surface area contributed by atoms with Crippen molar-refractivity contribution in [3.63, 3.8) is 0 Å². The Morgan fingerprint density at radius 3 is 2.67 bits per heavy atom. The fourth-order valence-corrected chi connectivity index (χ4v) is 7.64. The summed E-state index contributed by atoms with van der Waals surface area (Å²) in [5.74, 6) is -0.140. The minimum absolute atomic E-state index is 0.00656.